The molecule has 5 aromatic heterocycles. The van der Waals surface area contributed by atoms with Crippen molar-refractivity contribution < 1.29 is 0 Å². The number of H-pyrrole nitrogens is 2. The average molecular weight is 478 g/mol. The number of benzene rings is 1. The molecule has 1 aromatic carbocycles. The molecular weight excluding hydrogens is 454 g/mol. The third-order valence-electron chi connectivity index (χ3n) is 5.88. The lowest BCUT2D eigenvalue weighted by Crippen LogP contribution is -1.98. The van der Waals surface area contributed by atoms with Crippen molar-refractivity contribution >= 4 is 39.1 Å². The highest BCUT2D eigenvalue weighted by Crippen LogP contribution is 2.32. The van der Waals surface area contributed by atoms with Crippen molar-refractivity contribution in [3.63, 3.8) is 0 Å². The second-order valence-corrected chi connectivity index (χ2v) is 9.18. The minimum Gasteiger partial charge on any atom is -0.358 e. The molecule has 0 spiro atoms. The average Bonchev–Trinajstić information content (AvgIpc) is 3.63. The zero-order valence-corrected chi connectivity index (χ0v) is 20.0. The standard InChI is InChI=1S/C27H23N7S/c1-3-5-16(2)29-19-12-18(13-28-14-19)21-8-9-23-25(30-21)26(34-33-23)27-31-22-7-4-6-20(24(22)32-27)17-10-11-35-15-17/h4,6-15,29H,2-3,5H2,1H3,(H,31,32)(H,33,34). The molecule has 0 unspecified atom stereocenters. The molecule has 5 heterocycles. The van der Waals surface area contributed by atoms with Gasteiger partial charge in [0, 0.05) is 23.0 Å². The fourth-order valence-corrected chi connectivity index (χ4v) is 4.89. The lowest BCUT2D eigenvalue weighted by atomic mass is 10.1. The number of thiophene rings is 1. The van der Waals surface area contributed by atoms with E-state index in [1.54, 1.807) is 17.5 Å². The minimum atomic E-state index is 0.683. The largest absolute Gasteiger partial charge is 0.358 e. The topological polar surface area (TPSA) is 95.2 Å². The number of nitrogens with zero attached hydrogens (tertiary/aromatic N) is 4. The summed E-state index contributed by atoms with van der Waals surface area (Å²) in [5.41, 5.74) is 10.0. The van der Waals surface area contributed by atoms with Crippen LogP contribution in [-0.2, 0) is 0 Å². The molecule has 172 valence electrons. The Labute approximate surface area is 206 Å². The zero-order valence-electron chi connectivity index (χ0n) is 19.2. The van der Waals surface area contributed by atoms with Crippen molar-refractivity contribution in [3.8, 4) is 33.9 Å². The van der Waals surface area contributed by atoms with E-state index in [0.717, 1.165) is 68.7 Å². The number of para-hydroxylation sites is 1. The molecular formula is C27H23N7S. The summed E-state index contributed by atoms with van der Waals surface area (Å²) in [5, 5.41) is 15.2. The summed E-state index contributed by atoms with van der Waals surface area (Å²) in [6.07, 6.45) is 5.57. The third-order valence-corrected chi connectivity index (χ3v) is 6.57. The van der Waals surface area contributed by atoms with Crippen LogP contribution in [0.25, 0.3) is 56.0 Å². The number of rotatable bonds is 7. The van der Waals surface area contributed by atoms with E-state index in [1.165, 1.54) is 0 Å². The Morgan fingerprint density at radius 1 is 1.03 bits per heavy atom. The van der Waals surface area contributed by atoms with Gasteiger partial charge < -0.3 is 10.3 Å². The maximum absolute atomic E-state index is 4.94. The Morgan fingerprint density at radius 2 is 1.97 bits per heavy atom. The van der Waals surface area contributed by atoms with E-state index in [0.29, 0.717) is 11.5 Å². The SMILES string of the molecule is C=C(CCC)Nc1cncc(-c2ccc3[nH]nc(-c4nc5c(-c6ccsc6)cccc5[nH]4)c3n2)c1. The number of aromatic amines is 2. The van der Waals surface area contributed by atoms with E-state index in [4.69, 9.17) is 9.97 Å². The fourth-order valence-electron chi connectivity index (χ4n) is 4.24. The van der Waals surface area contributed by atoms with Gasteiger partial charge in [0.25, 0.3) is 0 Å². The third kappa shape index (κ3) is 3.98. The van der Waals surface area contributed by atoms with Gasteiger partial charge in [-0.3, -0.25) is 10.1 Å². The molecule has 0 atom stereocenters. The summed E-state index contributed by atoms with van der Waals surface area (Å²) in [7, 11) is 0. The number of aromatic nitrogens is 6. The summed E-state index contributed by atoms with van der Waals surface area (Å²) >= 11 is 1.68. The highest BCUT2D eigenvalue weighted by atomic mass is 32.1. The van der Waals surface area contributed by atoms with Crippen LogP contribution < -0.4 is 5.32 Å². The molecule has 7 nitrogen and oxygen atoms in total. The van der Waals surface area contributed by atoms with E-state index in [9.17, 15) is 0 Å². The first-order valence-corrected chi connectivity index (χ1v) is 12.4. The molecule has 0 amide bonds. The lowest BCUT2D eigenvalue weighted by molar-refractivity contribution is 0.913. The van der Waals surface area contributed by atoms with E-state index in [2.05, 4.69) is 61.9 Å². The molecule has 8 heteroatoms. The number of hydrogen-bond acceptors (Lipinski definition) is 6. The number of pyridine rings is 2. The molecule has 6 aromatic rings. The van der Waals surface area contributed by atoms with Crippen molar-refractivity contribution in [2.24, 2.45) is 0 Å². The molecule has 3 N–H and O–H groups in total. The number of fused-ring (bicyclic) bond motifs is 2. The van der Waals surface area contributed by atoms with Gasteiger partial charge in [0.15, 0.2) is 11.5 Å². The number of hydrogen-bond donors (Lipinski definition) is 3. The summed E-state index contributed by atoms with van der Waals surface area (Å²) in [5.74, 6) is 0.683. The first kappa shape index (κ1) is 21.2. The van der Waals surface area contributed by atoms with Crippen LogP contribution in [0.1, 0.15) is 19.8 Å². The van der Waals surface area contributed by atoms with Crippen LogP contribution in [-0.4, -0.2) is 30.1 Å². The van der Waals surface area contributed by atoms with Crippen molar-refractivity contribution in [2.75, 3.05) is 5.32 Å². The summed E-state index contributed by atoms with van der Waals surface area (Å²) in [4.78, 5) is 17.7. The van der Waals surface area contributed by atoms with Gasteiger partial charge in [-0.15, -0.1) is 0 Å². The summed E-state index contributed by atoms with van der Waals surface area (Å²) in [6, 6.07) is 14.3. The van der Waals surface area contributed by atoms with E-state index in [-0.39, 0.29) is 0 Å². The van der Waals surface area contributed by atoms with E-state index < -0.39 is 0 Å². The maximum Gasteiger partial charge on any atom is 0.161 e. The molecule has 0 saturated heterocycles. The fraction of sp³-hybridized carbons (Fsp3) is 0.111. The van der Waals surface area contributed by atoms with Gasteiger partial charge in [0.1, 0.15) is 5.52 Å². The van der Waals surface area contributed by atoms with Crippen molar-refractivity contribution in [1.29, 1.82) is 0 Å². The Morgan fingerprint density at radius 3 is 2.83 bits per heavy atom. The van der Waals surface area contributed by atoms with Crippen LogP contribution >= 0.6 is 11.3 Å². The summed E-state index contributed by atoms with van der Waals surface area (Å²) in [6.45, 7) is 6.22. The van der Waals surface area contributed by atoms with Gasteiger partial charge >= 0.3 is 0 Å². The van der Waals surface area contributed by atoms with Crippen LogP contribution in [0.5, 0.6) is 0 Å². The normalized spacial score (nSPS) is 11.3. The molecule has 0 aliphatic heterocycles. The maximum atomic E-state index is 4.94. The van der Waals surface area contributed by atoms with Crippen LogP contribution in [0, 0.1) is 0 Å². The van der Waals surface area contributed by atoms with Crippen LogP contribution in [0.3, 0.4) is 0 Å². The number of imidazole rings is 1. The van der Waals surface area contributed by atoms with Gasteiger partial charge in [0.05, 0.1) is 34.1 Å². The number of allylic oxidation sites excluding steroid dienone is 1. The Bertz CT molecular complexity index is 1660. The Balaban J connectivity index is 1.40. The van der Waals surface area contributed by atoms with Crippen molar-refractivity contribution in [2.45, 2.75) is 19.8 Å². The predicted octanol–water partition coefficient (Wildman–Crippen LogP) is 7.02. The van der Waals surface area contributed by atoms with Gasteiger partial charge in [0.2, 0.25) is 0 Å². The molecule has 0 fully saturated rings. The predicted molar refractivity (Wildman–Crippen MR) is 143 cm³/mol. The summed E-state index contributed by atoms with van der Waals surface area (Å²) < 4.78 is 0. The van der Waals surface area contributed by atoms with Gasteiger partial charge in [-0.05, 0) is 53.1 Å². The highest BCUT2D eigenvalue weighted by molar-refractivity contribution is 7.08. The highest BCUT2D eigenvalue weighted by Gasteiger charge is 2.17. The number of anilines is 1. The second kappa shape index (κ2) is 8.81. The molecule has 0 aliphatic rings. The quantitative estimate of drug-likeness (QED) is 0.230. The van der Waals surface area contributed by atoms with Crippen LogP contribution in [0.15, 0.2) is 77.9 Å². The Kier molecular flexibility index (Phi) is 5.35. The van der Waals surface area contributed by atoms with Gasteiger partial charge in [-0.1, -0.05) is 32.1 Å². The number of nitrogens with one attached hydrogen (secondary N) is 3. The van der Waals surface area contributed by atoms with E-state index >= 15 is 0 Å². The molecule has 0 aliphatic carbocycles. The Hall–Kier alpha value is -4.30. The molecule has 35 heavy (non-hydrogen) atoms. The monoisotopic (exact) mass is 477 g/mol. The van der Waals surface area contributed by atoms with Crippen LogP contribution in [0.4, 0.5) is 5.69 Å². The lowest BCUT2D eigenvalue weighted by Gasteiger charge is -2.09. The van der Waals surface area contributed by atoms with Crippen molar-refractivity contribution in [3.05, 3.63) is 77.9 Å². The second-order valence-electron chi connectivity index (χ2n) is 8.40. The molecule has 0 radical (unpaired) electrons. The zero-order chi connectivity index (χ0) is 23.8. The minimum absolute atomic E-state index is 0.683. The molecule has 6 rings (SSSR count). The van der Waals surface area contributed by atoms with E-state index in [1.807, 2.05) is 36.5 Å². The first-order valence-electron chi connectivity index (χ1n) is 11.5. The smallest absolute Gasteiger partial charge is 0.161 e. The molecule has 0 bridgehead atoms. The first-order chi connectivity index (χ1) is 17.2. The van der Waals surface area contributed by atoms with Gasteiger partial charge in [-0.25, -0.2) is 9.97 Å². The molecule has 0 saturated carbocycles. The van der Waals surface area contributed by atoms with Gasteiger partial charge in [-0.2, -0.15) is 16.4 Å². The van der Waals surface area contributed by atoms with Crippen molar-refractivity contribution in [1.82, 2.24) is 30.1 Å². The van der Waals surface area contributed by atoms with Crippen LogP contribution in [0.2, 0.25) is 0 Å².